The second-order valence-corrected chi connectivity index (χ2v) is 44.9. The Balaban J connectivity index is -0.000000455. The van der Waals surface area contributed by atoms with E-state index in [1.54, 1.807) is 92.6 Å². The van der Waals surface area contributed by atoms with Crippen molar-refractivity contribution in [2.45, 2.75) is 344 Å². The van der Waals surface area contributed by atoms with E-state index in [4.69, 9.17) is 52.6 Å². The quantitative estimate of drug-likeness (QED) is 0.0217. The molecule has 131 heavy (non-hydrogen) atoms. The van der Waals surface area contributed by atoms with Gasteiger partial charge in [-0.2, -0.15) is 0 Å². The summed E-state index contributed by atoms with van der Waals surface area (Å²) in [7, 11) is 0. The molecular formula is C104H166N4O23. The number of nitrogens with one attached hydrogen (secondary N) is 1. The van der Waals surface area contributed by atoms with Crippen LogP contribution in [0.3, 0.4) is 0 Å². The van der Waals surface area contributed by atoms with Crippen LogP contribution < -0.4 is 22.5 Å². The van der Waals surface area contributed by atoms with Crippen molar-refractivity contribution in [3.8, 4) is 0 Å². The number of nitrogen functional groups attached to an aromatic ring is 2. The van der Waals surface area contributed by atoms with Gasteiger partial charge in [0.05, 0.1) is 24.7 Å². The molecular weight excluding hydrogens is 1670 g/mol. The van der Waals surface area contributed by atoms with Gasteiger partial charge in [-0.05, 0) is 110 Å². The van der Waals surface area contributed by atoms with Crippen molar-refractivity contribution >= 4 is 105 Å². The van der Waals surface area contributed by atoms with Crippen LogP contribution >= 0.6 is 0 Å². The van der Waals surface area contributed by atoms with Crippen LogP contribution in [0.5, 0.6) is 0 Å². The van der Waals surface area contributed by atoms with E-state index >= 15 is 0 Å². The Kier molecular flexibility index (Phi) is 55.6. The van der Waals surface area contributed by atoms with Crippen molar-refractivity contribution in [2.24, 2.45) is 71.2 Å². The average Bonchev–Trinajstić information content (AvgIpc) is 0.870. The van der Waals surface area contributed by atoms with E-state index in [0.717, 1.165) is 39.1 Å². The third-order valence-electron chi connectivity index (χ3n) is 19.3. The van der Waals surface area contributed by atoms with Gasteiger partial charge in [0.2, 0.25) is 0 Å². The minimum absolute atomic E-state index is 0.00243. The lowest BCUT2D eigenvalue weighted by Crippen LogP contribution is -2.36. The molecule has 13 N–H and O–H groups in total. The van der Waals surface area contributed by atoms with Crippen LogP contribution in [0, 0.1) is 65.5 Å². The van der Waals surface area contributed by atoms with Gasteiger partial charge in [0.25, 0.3) is 0 Å². The van der Waals surface area contributed by atoms with E-state index in [2.05, 4.69) is 5.32 Å². The molecule has 0 aliphatic rings. The van der Waals surface area contributed by atoms with Crippen LogP contribution in [-0.4, -0.2) is 143 Å². The Morgan fingerprint density at radius 2 is 0.626 bits per heavy atom. The molecule has 27 heteroatoms. The van der Waals surface area contributed by atoms with E-state index in [-0.39, 0.29) is 133 Å². The smallest absolute Gasteiger partial charge is 0.407 e. The molecule has 1 amide bonds. The summed E-state index contributed by atoms with van der Waals surface area (Å²) in [6.45, 7) is 64.8. The van der Waals surface area contributed by atoms with Crippen LogP contribution in [0.2, 0.25) is 0 Å². The summed E-state index contributed by atoms with van der Waals surface area (Å²) in [5.74, 6) is -4.24. The highest BCUT2D eigenvalue weighted by Gasteiger charge is 2.34. The van der Waals surface area contributed by atoms with E-state index in [9.17, 15) is 76.7 Å². The van der Waals surface area contributed by atoms with Gasteiger partial charge in [0.1, 0.15) is 63.7 Å². The molecule has 0 radical (unpaired) electrons. The highest BCUT2D eigenvalue weighted by atomic mass is 16.6. The number of ether oxygens (including phenoxy) is 1. The Bertz CT molecular complexity index is 4360. The summed E-state index contributed by atoms with van der Waals surface area (Å²) >= 11 is 0. The fraction of sp³-hybridized carbons (Fsp3) is 0.615. The number of Topliss-reactive ketones (excluding diaryl/α,β-unsaturated/α-hetero) is 9. The normalized spacial score (nSPS) is 12.2. The lowest BCUT2D eigenvalue weighted by molar-refractivity contribution is -0.148. The number of anilines is 2. The molecule has 4 rings (SSSR count). The van der Waals surface area contributed by atoms with Crippen molar-refractivity contribution in [1.29, 1.82) is 0 Å². The van der Waals surface area contributed by atoms with E-state index in [1.807, 2.05) is 247 Å². The number of carbonyl (C=O) groups excluding carboxylic acids is 10. The number of aliphatic carboxylic acids is 6. The summed E-state index contributed by atoms with van der Waals surface area (Å²) in [6.07, 6.45) is 3.02. The zero-order chi connectivity index (χ0) is 104. The van der Waals surface area contributed by atoms with Crippen LogP contribution in [0.4, 0.5) is 16.2 Å². The molecule has 0 aromatic heterocycles. The summed E-state index contributed by atoms with van der Waals surface area (Å²) in [5.41, 5.74) is 18.2. The first-order valence-electron chi connectivity index (χ1n) is 44.2. The largest absolute Gasteiger partial charge is 0.481 e. The Hall–Kier alpha value is -10.4. The fourth-order valence-corrected chi connectivity index (χ4v) is 9.75. The first-order chi connectivity index (χ1) is 58.5. The van der Waals surface area contributed by atoms with Crippen molar-refractivity contribution in [1.82, 2.24) is 5.32 Å². The van der Waals surface area contributed by atoms with Gasteiger partial charge in [0.15, 0.2) is 0 Å². The zero-order valence-corrected chi connectivity index (χ0v) is 85.9. The summed E-state index contributed by atoms with van der Waals surface area (Å²) < 4.78 is 5.04. The third kappa shape index (κ3) is 67.4. The minimum Gasteiger partial charge on any atom is -0.481 e. The second kappa shape index (κ2) is 56.4. The number of carboxylic acids is 6. The van der Waals surface area contributed by atoms with Gasteiger partial charge in [-0.1, -0.05) is 281 Å². The molecule has 0 aliphatic carbocycles. The monoisotopic (exact) mass is 1840 g/mol. The van der Waals surface area contributed by atoms with Crippen molar-refractivity contribution in [3.05, 3.63) is 130 Å². The fourth-order valence-electron chi connectivity index (χ4n) is 9.75. The predicted octanol–water partition coefficient (Wildman–Crippen LogP) is 19.8. The molecule has 0 heterocycles. The van der Waals surface area contributed by atoms with Gasteiger partial charge in [-0.25, -0.2) is 4.79 Å². The number of rotatable bonds is 30. The lowest BCUT2D eigenvalue weighted by Gasteiger charge is -2.26. The van der Waals surface area contributed by atoms with E-state index < -0.39 is 69.8 Å². The maximum Gasteiger partial charge on any atom is 0.407 e. The first-order valence-corrected chi connectivity index (χ1v) is 44.2. The van der Waals surface area contributed by atoms with Crippen molar-refractivity contribution < 1.29 is 112 Å². The molecule has 0 saturated heterocycles. The summed E-state index contributed by atoms with van der Waals surface area (Å²) in [6, 6.07) is 28.2. The van der Waals surface area contributed by atoms with Crippen LogP contribution in [-0.2, 0) is 115 Å². The summed E-state index contributed by atoms with van der Waals surface area (Å²) in [5, 5.41) is 54.3. The maximum absolute atomic E-state index is 11.9. The van der Waals surface area contributed by atoms with Crippen LogP contribution in [0.1, 0.15) is 327 Å². The van der Waals surface area contributed by atoms with Gasteiger partial charge in [-0.15, -0.1) is 0 Å². The molecule has 2 unspecified atom stereocenters. The Morgan fingerprint density at radius 1 is 0.321 bits per heavy atom. The van der Waals surface area contributed by atoms with Gasteiger partial charge < -0.3 is 57.9 Å². The van der Waals surface area contributed by atoms with Crippen LogP contribution in [0.25, 0.3) is 0 Å². The molecule has 0 aliphatic heterocycles. The Labute approximate surface area is 782 Å². The van der Waals surface area contributed by atoms with Gasteiger partial charge in [-0.3, -0.25) is 71.9 Å². The number of benzene rings is 4. The first kappa shape index (κ1) is 129. The number of hydrogen-bond acceptors (Lipinski definition) is 20. The SMILES string of the molecule is CC(C)(C)C(=O)CC(N)C(=O)O.CC(C)(C)C(=O)CCC(C)(C)C(=O)O.CC(C)(C)C(=O)Cc1ccc(CC(=O)O)cc1.CC(C)(C)C(=O)Cc1ccc(N)cc1.CC(C)(C)C(=O)Cc1cccc(CC(=O)O)c1.CC(C)(C)C(=O)Cc1cccc(N)c1.CC(C)(C)OC(=O)NCCC(=O)C(C)(C)C.CC(C)(CC(=O)O)CC(=O)C(C)(C)C.CC(CC(=O)O)CC(=O)C(C)(C)C. The van der Waals surface area contributed by atoms with E-state index in [1.165, 1.54) is 0 Å². The van der Waals surface area contributed by atoms with Gasteiger partial charge >= 0.3 is 41.9 Å². The number of nitrogens with two attached hydrogens (primary N) is 3. The molecule has 0 spiro atoms. The number of carboxylic acid groups (broad SMARTS) is 6. The lowest BCUT2D eigenvalue weighted by atomic mass is 9.77. The minimum atomic E-state index is -1.13. The molecule has 4 aromatic rings. The number of ketones is 9. The third-order valence-corrected chi connectivity index (χ3v) is 19.3. The Morgan fingerprint density at radius 3 is 0.939 bits per heavy atom. The highest BCUT2D eigenvalue weighted by molar-refractivity contribution is 5.91. The molecule has 27 nitrogen and oxygen atoms in total. The predicted molar refractivity (Wildman–Crippen MR) is 519 cm³/mol. The topological polar surface area (TPSA) is 494 Å². The molecule has 0 saturated carbocycles. The van der Waals surface area contributed by atoms with Crippen LogP contribution in [0.15, 0.2) is 97.1 Å². The maximum atomic E-state index is 11.9. The molecule has 0 fully saturated rings. The molecule has 4 aromatic carbocycles. The summed E-state index contributed by atoms with van der Waals surface area (Å²) in [4.78, 5) is 179. The van der Waals surface area contributed by atoms with Gasteiger partial charge in [0, 0.05) is 131 Å². The molecule has 740 valence electrons. The second-order valence-electron chi connectivity index (χ2n) is 44.9. The standard InChI is InChI=1S/2C14H18O3.C12H23NO3.2C12H17NO.2C11H20O3.C10H18O3.C8H15NO3/c1-14(2,3)12(15)8-10-4-6-11(7-5-10)9-13(16)17;1-14(2,3)12(15)8-10-5-4-6-11(7-10)9-13(16)17;1-11(2,3)9(14)7-8-13-10(15)16-12(4,5)6;1-12(2,3)11(14)8-9-4-6-10(13)7-5-9;1-12(2,3)11(14)8-9-5-4-6-10(13)7-9;1-10(2,3)8(12)6-11(4,5)7-9(13)14;1-10(2,3)8(12)6-7-11(4,5)9(13)14;1-7(6-9(12)13)5-8(11)10(2,3)4;1-8(2,3)6(10)4-5(9)7(11)12/h2*4-7H,8-9H2,1-3H3,(H,16,17);7-8H2,1-6H3,(H,13,15);2*4-7H,8,13H2,1-3H3;2*6-7H2,1-5H3,(H,13,14);7H,5-6H2,1-4H3,(H,12,13);5H,4,9H2,1-3H3,(H,11,12). The average molecular weight is 1840 g/mol. The van der Waals surface area contributed by atoms with E-state index in [0.29, 0.717) is 70.0 Å². The van der Waals surface area contributed by atoms with Crippen molar-refractivity contribution in [2.75, 3.05) is 18.0 Å². The molecule has 0 bridgehead atoms. The number of amides is 1. The highest BCUT2D eigenvalue weighted by Crippen LogP contribution is 2.32. The number of carbonyl (C=O) groups is 16. The molecule has 2 atom stereocenters. The van der Waals surface area contributed by atoms with Crippen molar-refractivity contribution in [3.63, 3.8) is 0 Å². The number of alkyl carbamates (subject to hydrolysis) is 1. The number of hydrogen-bond donors (Lipinski definition) is 10. The zero-order valence-electron chi connectivity index (χ0n) is 85.9.